The molecule has 112 valence electrons. The molecule has 0 radical (unpaired) electrons. The lowest BCUT2D eigenvalue weighted by atomic mass is 10.0. The summed E-state index contributed by atoms with van der Waals surface area (Å²) < 4.78 is 20.0. The molecule has 3 nitrogen and oxygen atoms in total. The third-order valence-electron chi connectivity index (χ3n) is 3.22. The fraction of sp³-hybridized carbons (Fsp3) is 0.250. The van der Waals surface area contributed by atoms with Crippen LogP contribution in [0, 0.1) is 5.82 Å². The second-order valence-electron chi connectivity index (χ2n) is 4.70. The van der Waals surface area contributed by atoms with Crippen molar-refractivity contribution in [2.75, 3.05) is 0 Å². The van der Waals surface area contributed by atoms with Crippen LogP contribution in [0.1, 0.15) is 30.5 Å². The molecule has 0 fully saturated rings. The van der Waals surface area contributed by atoms with Crippen LogP contribution in [0.2, 0.25) is 5.02 Å². The molecule has 1 atom stereocenters. The van der Waals surface area contributed by atoms with Gasteiger partial charge in [0.15, 0.2) is 11.6 Å². The quantitative estimate of drug-likeness (QED) is 0.871. The lowest BCUT2D eigenvalue weighted by molar-refractivity contribution is 0.281. The van der Waals surface area contributed by atoms with Crippen LogP contribution in [0.15, 0.2) is 36.4 Å². The predicted octanol–water partition coefficient (Wildman–Crippen LogP) is 4.17. The summed E-state index contributed by atoms with van der Waals surface area (Å²) in [6, 6.07) is 9.49. The van der Waals surface area contributed by atoms with Crippen LogP contribution in [0.3, 0.4) is 0 Å². The maximum Gasteiger partial charge on any atom is 0.181 e. The van der Waals surface area contributed by atoms with E-state index >= 15 is 0 Å². The Labute approximate surface area is 128 Å². The van der Waals surface area contributed by atoms with Gasteiger partial charge in [-0.05, 0) is 30.2 Å². The van der Waals surface area contributed by atoms with E-state index in [0.29, 0.717) is 23.3 Å². The van der Waals surface area contributed by atoms with Crippen LogP contribution in [0.25, 0.3) is 0 Å². The van der Waals surface area contributed by atoms with Gasteiger partial charge in [-0.15, -0.1) is 0 Å². The monoisotopic (exact) mass is 309 g/mol. The van der Waals surface area contributed by atoms with E-state index in [4.69, 9.17) is 27.2 Å². The number of aliphatic hydroxyl groups excluding tert-OH is 1. The number of hydrogen-bond donors (Lipinski definition) is 2. The highest BCUT2D eigenvalue weighted by atomic mass is 35.5. The zero-order chi connectivity index (χ0) is 15.4. The first-order valence-electron chi connectivity index (χ1n) is 6.68. The summed E-state index contributed by atoms with van der Waals surface area (Å²) in [6.07, 6.45) is 0.609. The third kappa shape index (κ3) is 3.53. The highest BCUT2D eigenvalue weighted by molar-refractivity contribution is 6.32. The molecule has 0 spiro atoms. The Morgan fingerprint density at radius 2 is 2.10 bits per heavy atom. The zero-order valence-corrected chi connectivity index (χ0v) is 12.4. The number of ether oxygens (including phenoxy) is 1. The van der Waals surface area contributed by atoms with Crippen molar-refractivity contribution in [3.8, 4) is 11.5 Å². The molecule has 0 aliphatic rings. The summed E-state index contributed by atoms with van der Waals surface area (Å²) in [5, 5.41) is 9.29. The second-order valence-corrected chi connectivity index (χ2v) is 5.11. The number of hydrogen-bond acceptors (Lipinski definition) is 3. The molecule has 0 saturated carbocycles. The van der Waals surface area contributed by atoms with Crippen LogP contribution in [0.4, 0.5) is 4.39 Å². The van der Waals surface area contributed by atoms with Crippen molar-refractivity contribution in [2.24, 2.45) is 5.73 Å². The fourth-order valence-electron chi connectivity index (χ4n) is 1.97. The standard InChI is InChI=1S/C16H17ClFNO2/c1-2-14(19)12-6-7-13(17)16(15(12)18)21-11-5-3-4-10(8-11)9-20/h3-8,14,20H,2,9,19H2,1H3/t14-/m1/s1. The molecule has 0 amide bonds. The van der Waals surface area contributed by atoms with Gasteiger partial charge in [-0.1, -0.05) is 36.7 Å². The zero-order valence-electron chi connectivity index (χ0n) is 11.6. The summed E-state index contributed by atoms with van der Waals surface area (Å²) in [5.41, 5.74) is 6.92. The van der Waals surface area contributed by atoms with E-state index < -0.39 is 11.9 Å². The van der Waals surface area contributed by atoms with Crippen LogP contribution < -0.4 is 10.5 Å². The Hall–Kier alpha value is -1.62. The lowest BCUT2D eigenvalue weighted by Crippen LogP contribution is -2.11. The van der Waals surface area contributed by atoms with E-state index in [-0.39, 0.29) is 17.4 Å². The van der Waals surface area contributed by atoms with E-state index in [1.165, 1.54) is 0 Å². The average molecular weight is 310 g/mol. The maximum absolute atomic E-state index is 14.5. The molecule has 0 heterocycles. The molecule has 2 rings (SSSR count). The Morgan fingerprint density at radius 1 is 1.33 bits per heavy atom. The van der Waals surface area contributed by atoms with E-state index in [2.05, 4.69) is 0 Å². The molecule has 0 unspecified atom stereocenters. The average Bonchev–Trinajstić information content (AvgIpc) is 2.51. The van der Waals surface area contributed by atoms with Gasteiger partial charge < -0.3 is 15.6 Å². The van der Waals surface area contributed by atoms with E-state index in [1.807, 2.05) is 6.92 Å². The summed E-state index contributed by atoms with van der Waals surface area (Å²) in [5.74, 6) is -0.191. The van der Waals surface area contributed by atoms with E-state index in [9.17, 15) is 4.39 Å². The summed E-state index contributed by atoms with van der Waals surface area (Å²) in [7, 11) is 0. The molecular formula is C16H17ClFNO2. The van der Waals surface area contributed by atoms with Gasteiger partial charge >= 0.3 is 0 Å². The second kappa shape index (κ2) is 6.89. The molecule has 2 aromatic carbocycles. The van der Waals surface area contributed by atoms with Crippen LogP contribution in [0.5, 0.6) is 11.5 Å². The molecule has 21 heavy (non-hydrogen) atoms. The molecule has 0 bridgehead atoms. The first-order chi connectivity index (χ1) is 10.1. The molecule has 0 aliphatic carbocycles. The van der Waals surface area contributed by atoms with Crippen LogP contribution in [-0.2, 0) is 6.61 Å². The summed E-state index contributed by atoms with van der Waals surface area (Å²) in [6.45, 7) is 1.76. The van der Waals surface area contributed by atoms with Crippen molar-refractivity contribution in [2.45, 2.75) is 26.0 Å². The molecule has 2 aromatic rings. The molecule has 5 heteroatoms. The number of nitrogens with two attached hydrogens (primary N) is 1. The Kier molecular flexibility index (Phi) is 5.17. The number of halogens is 2. The van der Waals surface area contributed by atoms with Crippen molar-refractivity contribution >= 4 is 11.6 Å². The number of aliphatic hydroxyl groups is 1. The SMILES string of the molecule is CC[C@@H](N)c1ccc(Cl)c(Oc2cccc(CO)c2)c1F. The maximum atomic E-state index is 14.5. The smallest absolute Gasteiger partial charge is 0.181 e. The summed E-state index contributed by atoms with van der Waals surface area (Å²) >= 11 is 6.02. The number of benzene rings is 2. The molecule has 0 aromatic heterocycles. The van der Waals surface area contributed by atoms with Crippen LogP contribution in [-0.4, -0.2) is 5.11 Å². The van der Waals surface area contributed by atoms with Gasteiger partial charge in [0.05, 0.1) is 11.6 Å². The highest BCUT2D eigenvalue weighted by Crippen LogP contribution is 2.36. The Balaban J connectivity index is 2.38. The van der Waals surface area contributed by atoms with Gasteiger partial charge in [-0.2, -0.15) is 0 Å². The molecule has 0 aliphatic heterocycles. The fourth-order valence-corrected chi connectivity index (χ4v) is 2.16. The van der Waals surface area contributed by atoms with Crippen molar-refractivity contribution in [3.63, 3.8) is 0 Å². The first-order valence-corrected chi connectivity index (χ1v) is 7.05. The van der Waals surface area contributed by atoms with E-state index in [0.717, 1.165) is 0 Å². The van der Waals surface area contributed by atoms with Crippen molar-refractivity contribution in [1.29, 1.82) is 0 Å². The summed E-state index contributed by atoms with van der Waals surface area (Å²) in [4.78, 5) is 0. The van der Waals surface area contributed by atoms with Crippen molar-refractivity contribution in [3.05, 3.63) is 58.4 Å². The molecular weight excluding hydrogens is 293 g/mol. The predicted molar refractivity (Wildman–Crippen MR) is 81.1 cm³/mol. The largest absolute Gasteiger partial charge is 0.453 e. The lowest BCUT2D eigenvalue weighted by Gasteiger charge is -2.15. The topological polar surface area (TPSA) is 55.5 Å². The first kappa shape index (κ1) is 15.8. The van der Waals surface area contributed by atoms with Gasteiger partial charge in [0.25, 0.3) is 0 Å². The van der Waals surface area contributed by atoms with Gasteiger partial charge in [0, 0.05) is 11.6 Å². The normalized spacial score (nSPS) is 12.2. The highest BCUT2D eigenvalue weighted by Gasteiger charge is 2.18. The minimum atomic E-state index is -0.550. The van der Waals surface area contributed by atoms with Gasteiger partial charge in [0.1, 0.15) is 5.75 Å². The minimum Gasteiger partial charge on any atom is -0.453 e. The molecule has 0 saturated heterocycles. The Morgan fingerprint density at radius 3 is 2.76 bits per heavy atom. The molecule has 3 N–H and O–H groups in total. The van der Waals surface area contributed by atoms with Crippen molar-refractivity contribution in [1.82, 2.24) is 0 Å². The van der Waals surface area contributed by atoms with Crippen molar-refractivity contribution < 1.29 is 14.2 Å². The minimum absolute atomic E-state index is 0.0480. The third-order valence-corrected chi connectivity index (χ3v) is 3.52. The van der Waals surface area contributed by atoms with Gasteiger partial charge in [-0.3, -0.25) is 0 Å². The van der Waals surface area contributed by atoms with Gasteiger partial charge in [-0.25, -0.2) is 4.39 Å². The van der Waals surface area contributed by atoms with E-state index in [1.54, 1.807) is 36.4 Å². The number of rotatable bonds is 5. The van der Waals surface area contributed by atoms with Gasteiger partial charge in [0.2, 0.25) is 0 Å². The van der Waals surface area contributed by atoms with Crippen LogP contribution >= 0.6 is 11.6 Å². The Bertz CT molecular complexity index is 634.